The Kier molecular flexibility index (Phi) is 3.33. The Hall–Kier alpha value is -2.07. The van der Waals surface area contributed by atoms with Gasteiger partial charge in [-0.05, 0) is 37.3 Å². The van der Waals surface area contributed by atoms with Gasteiger partial charge in [-0.15, -0.1) is 11.3 Å². The zero-order chi connectivity index (χ0) is 13.1. The Bertz CT molecular complexity index is 656. The number of aromatic nitrogens is 2. The normalized spacial score (nSPS) is 10.6. The highest BCUT2D eigenvalue weighted by Crippen LogP contribution is 2.21. The van der Waals surface area contributed by atoms with Crippen molar-refractivity contribution in [1.82, 2.24) is 9.78 Å². The van der Waals surface area contributed by atoms with E-state index in [0.29, 0.717) is 0 Å². The van der Waals surface area contributed by atoms with Gasteiger partial charge in [0.1, 0.15) is 0 Å². The van der Waals surface area contributed by atoms with Gasteiger partial charge in [-0.3, -0.25) is 0 Å². The second-order valence-electron chi connectivity index (χ2n) is 4.33. The van der Waals surface area contributed by atoms with Crippen molar-refractivity contribution in [2.75, 3.05) is 5.32 Å². The molecule has 0 saturated heterocycles. The minimum atomic E-state index is 0.844. The zero-order valence-corrected chi connectivity index (χ0v) is 11.5. The van der Waals surface area contributed by atoms with Crippen LogP contribution in [0.25, 0.3) is 5.69 Å². The number of para-hydroxylation sites is 2. The number of aryl methyl sites for hydroxylation is 1. The largest absolute Gasteiger partial charge is 0.378 e. The lowest BCUT2D eigenvalue weighted by Gasteiger charge is -2.11. The van der Waals surface area contributed by atoms with Crippen LogP contribution in [0.5, 0.6) is 0 Å². The molecule has 2 heterocycles. The second kappa shape index (κ2) is 5.28. The first-order chi connectivity index (χ1) is 9.33. The molecule has 4 heteroatoms. The van der Waals surface area contributed by atoms with Gasteiger partial charge in [0.05, 0.1) is 11.4 Å². The molecule has 0 unspecified atom stereocenters. The molecule has 1 N–H and O–H groups in total. The molecule has 0 aliphatic heterocycles. The van der Waals surface area contributed by atoms with Crippen molar-refractivity contribution >= 4 is 17.0 Å². The molecule has 0 aliphatic rings. The molecule has 96 valence electrons. The highest BCUT2D eigenvalue weighted by molar-refractivity contribution is 7.11. The molecular formula is C15H15N3S. The van der Waals surface area contributed by atoms with Gasteiger partial charge in [0.15, 0.2) is 0 Å². The number of benzene rings is 1. The molecule has 3 rings (SSSR count). The van der Waals surface area contributed by atoms with Crippen LogP contribution in [-0.4, -0.2) is 9.78 Å². The van der Waals surface area contributed by atoms with Crippen LogP contribution in [0.4, 0.5) is 5.69 Å². The number of rotatable bonds is 4. The average molecular weight is 269 g/mol. The summed E-state index contributed by atoms with van der Waals surface area (Å²) < 4.78 is 1.88. The summed E-state index contributed by atoms with van der Waals surface area (Å²) >= 11 is 1.83. The number of nitrogens with zero attached hydrogens (tertiary/aromatic N) is 2. The summed E-state index contributed by atoms with van der Waals surface area (Å²) in [6.07, 6.45) is 3.75. The Morgan fingerprint density at radius 2 is 2.05 bits per heavy atom. The molecule has 0 fully saturated rings. The predicted molar refractivity (Wildman–Crippen MR) is 79.9 cm³/mol. The first-order valence-electron chi connectivity index (χ1n) is 6.21. The summed E-state index contributed by atoms with van der Waals surface area (Å²) in [5.41, 5.74) is 2.16. The van der Waals surface area contributed by atoms with Gasteiger partial charge < -0.3 is 5.32 Å². The molecule has 0 saturated carbocycles. The summed E-state index contributed by atoms with van der Waals surface area (Å²) in [7, 11) is 0. The topological polar surface area (TPSA) is 29.9 Å². The Morgan fingerprint density at radius 1 is 1.16 bits per heavy atom. The van der Waals surface area contributed by atoms with Crippen molar-refractivity contribution < 1.29 is 0 Å². The highest BCUT2D eigenvalue weighted by Gasteiger charge is 2.04. The standard InChI is InChI=1S/C15H15N3S/c1-12-7-8-13(19-12)11-16-14-5-2-3-6-15(14)18-10-4-9-17-18/h2-10,16H,11H2,1H3. The number of thiophene rings is 1. The van der Waals surface area contributed by atoms with E-state index in [1.54, 1.807) is 6.20 Å². The van der Waals surface area contributed by atoms with E-state index in [4.69, 9.17) is 0 Å². The maximum Gasteiger partial charge on any atom is 0.0876 e. The average Bonchev–Trinajstić information content (AvgIpc) is 3.08. The maximum absolute atomic E-state index is 4.29. The van der Waals surface area contributed by atoms with Crippen molar-refractivity contribution in [1.29, 1.82) is 0 Å². The smallest absolute Gasteiger partial charge is 0.0876 e. The summed E-state index contributed by atoms with van der Waals surface area (Å²) in [4.78, 5) is 2.69. The van der Waals surface area contributed by atoms with Gasteiger partial charge in [-0.25, -0.2) is 4.68 Å². The minimum Gasteiger partial charge on any atom is -0.378 e. The van der Waals surface area contributed by atoms with Crippen LogP contribution in [0.15, 0.2) is 54.9 Å². The van der Waals surface area contributed by atoms with E-state index >= 15 is 0 Å². The molecule has 0 aliphatic carbocycles. The molecule has 3 aromatic rings. The molecule has 1 aromatic carbocycles. The molecule has 19 heavy (non-hydrogen) atoms. The minimum absolute atomic E-state index is 0.844. The second-order valence-corrected chi connectivity index (χ2v) is 5.71. The van der Waals surface area contributed by atoms with Crippen LogP contribution < -0.4 is 5.32 Å². The highest BCUT2D eigenvalue weighted by atomic mass is 32.1. The summed E-state index contributed by atoms with van der Waals surface area (Å²) in [6, 6.07) is 14.5. The fourth-order valence-corrected chi connectivity index (χ4v) is 2.83. The maximum atomic E-state index is 4.29. The third-order valence-corrected chi connectivity index (χ3v) is 3.91. The number of nitrogens with one attached hydrogen (secondary N) is 1. The summed E-state index contributed by atoms with van der Waals surface area (Å²) in [5.74, 6) is 0. The molecule has 2 aromatic heterocycles. The van der Waals surface area contributed by atoms with Gasteiger partial charge >= 0.3 is 0 Å². The van der Waals surface area contributed by atoms with E-state index in [1.807, 2.05) is 40.4 Å². The lowest BCUT2D eigenvalue weighted by Crippen LogP contribution is -2.03. The Labute approximate surface area is 116 Å². The Balaban J connectivity index is 1.81. The molecular weight excluding hydrogens is 254 g/mol. The van der Waals surface area contributed by atoms with Crippen LogP contribution in [0.3, 0.4) is 0 Å². The van der Waals surface area contributed by atoms with E-state index < -0.39 is 0 Å². The molecule has 0 atom stereocenters. The Morgan fingerprint density at radius 3 is 2.79 bits per heavy atom. The predicted octanol–water partition coefficient (Wildman–Crippen LogP) is 3.85. The number of hydrogen-bond donors (Lipinski definition) is 1. The van der Waals surface area contributed by atoms with Crippen LogP contribution in [0.2, 0.25) is 0 Å². The van der Waals surface area contributed by atoms with Gasteiger partial charge in [0.2, 0.25) is 0 Å². The van der Waals surface area contributed by atoms with E-state index in [9.17, 15) is 0 Å². The van der Waals surface area contributed by atoms with E-state index in [1.165, 1.54) is 9.75 Å². The van der Waals surface area contributed by atoms with Crippen molar-refractivity contribution in [3.05, 3.63) is 64.6 Å². The molecule has 3 nitrogen and oxygen atoms in total. The summed E-state index contributed by atoms with van der Waals surface area (Å²) in [5, 5.41) is 7.77. The van der Waals surface area contributed by atoms with Crippen LogP contribution in [-0.2, 0) is 6.54 Å². The molecule has 0 bridgehead atoms. The quantitative estimate of drug-likeness (QED) is 0.779. The lowest BCUT2D eigenvalue weighted by atomic mass is 10.2. The first-order valence-corrected chi connectivity index (χ1v) is 7.03. The van der Waals surface area contributed by atoms with Crippen molar-refractivity contribution in [2.45, 2.75) is 13.5 Å². The third-order valence-electron chi connectivity index (χ3n) is 2.90. The SMILES string of the molecule is Cc1ccc(CNc2ccccc2-n2cccn2)s1. The van der Waals surface area contributed by atoms with Gasteiger partial charge in [0.25, 0.3) is 0 Å². The fraction of sp³-hybridized carbons (Fsp3) is 0.133. The number of hydrogen-bond acceptors (Lipinski definition) is 3. The van der Waals surface area contributed by atoms with Crippen molar-refractivity contribution in [3.63, 3.8) is 0 Å². The van der Waals surface area contributed by atoms with Gasteiger partial charge in [-0.1, -0.05) is 12.1 Å². The lowest BCUT2D eigenvalue weighted by molar-refractivity contribution is 0.879. The zero-order valence-electron chi connectivity index (χ0n) is 10.7. The van der Waals surface area contributed by atoms with E-state index in [2.05, 4.69) is 41.6 Å². The van der Waals surface area contributed by atoms with Gasteiger partial charge in [-0.2, -0.15) is 5.10 Å². The van der Waals surface area contributed by atoms with Crippen molar-refractivity contribution in [2.24, 2.45) is 0 Å². The summed E-state index contributed by atoms with van der Waals surface area (Å²) in [6.45, 7) is 2.97. The number of anilines is 1. The van der Waals surface area contributed by atoms with Gasteiger partial charge in [0, 0.05) is 28.7 Å². The van der Waals surface area contributed by atoms with Crippen molar-refractivity contribution in [3.8, 4) is 5.69 Å². The first kappa shape index (κ1) is 12.0. The molecule has 0 amide bonds. The third kappa shape index (κ3) is 2.69. The van der Waals surface area contributed by atoms with Crippen LogP contribution >= 0.6 is 11.3 Å². The fourth-order valence-electron chi connectivity index (χ4n) is 2.00. The molecule has 0 radical (unpaired) electrons. The monoisotopic (exact) mass is 269 g/mol. The van der Waals surface area contributed by atoms with E-state index in [0.717, 1.165) is 17.9 Å². The van der Waals surface area contributed by atoms with Crippen LogP contribution in [0, 0.1) is 6.92 Å². The van der Waals surface area contributed by atoms with E-state index in [-0.39, 0.29) is 0 Å². The molecule has 0 spiro atoms. The van der Waals surface area contributed by atoms with Crippen LogP contribution in [0.1, 0.15) is 9.75 Å².